The van der Waals surface area contributed by atoms with E-state index in [1.165, 1.54) is 18.4 Å². The summed E-state index contributed by atoms with van der Waals surface area (Å²) in [6, 6.07) is 3.33. The lowest BCUT2D eigenvalue weighted by atomic mass is 10.3. The summed E-state index contributed by atoms with van der Waals surface area (Å²) in [6.07, 6.45) is 1.57. The van der Waals surface area contributed by atoms with E-state index in [1.54, 1.807) is 28.4 Å². The summed E-state index contributed by atoms with van der Waals surface area (Å²) in [5, 5.41) is 9.02. The van der Waals surface area contributed by atoms with Gasteiger partial charge in [-0.25, -0.2) is 4.79 Å². The molecule has 6 nitrogen and oxygen atoms in total. The van der Waals surface area contributed by atoms with Crippen LogP contribution in [0.4, 0.5) is 5.00 Å². The van der Waals surface area contributed by atoms with Crippen LogP contribution in [0.5, 0.6) is 0 Å². The number of amides is 1. The van der Waals surface area contributed by atoms with E-state index in [-0.39, 0.29) is 11.9 Å². The molecule has 0 saturated carbocycles. The van der Waals surface area contributed by atoms with E-state index < -0.39 is 5.97 Å². The lowest BCUT2D eigenvalue weighted by molar-refractivity contribution is 0.0602. The molecule has 2 aromatic heterocycles. The highest BCUT2D eigenvalue weighted by molar-refractivity contribution is 7.14. The van der Waals surface area contributed by atoms with Gasteiger partial charge in [0.1, 0.15) is 10.7 Å². The Labute approximate surface area is 120 Å². The maximum absolute atomic E-state index is 12.2. The minimum atomic E-state index is -0.473. The number of nitrogens with zero attached hydrogens (tertiary/aromatic N) is 2. The Morgan fingerprint density at radius 1 is 1.40 bits per heavy atom. The predicted molar refractivity (Wildman–Crippen MR) is 76.2 cm³/mol. The average Bonchev–Trinajstić information content (AvgIpc) is 3.06. The molecule has 2 heterocycles. The molecule has 0 aliphatic rings. The summed E-state index contributed by atoms with van der Waals surface area (Å²) in [7, 11) is 1.30. The van der Waals surface area contributed by atoms with Crippen LogP contribution in [0, 0.1) is 0 Å². The SMILES string of the molecule is COC(=O)c1ccsc1NC(=O)c1ccnn1C(C)C. The van der Waals surface area contributed by atoms with Crippen molar-refractivity contribution in [3.8, 4) is 0 Å². The first-order chi connectivity index (χ1) is 9.54. The maximum Gasteiger partial charge on any atom is 0.340 e. The molecule has 20 heavy (non-hydrogen) atoms. The minimum absolute atomic E-state index is 0.0779. The van der Waals surface area contributed by atoms with Gasteiger partial charge < -0.3 is 10.1 Å². The Morgan fingerprint density at radius 3 is 2.80 bits per heavy atom. The van der Waals surface area contributed by atoms with Gasteiger partial charge >= 0.3 is 5.97 Å². The molecule has 0 spiro atoms. The van der Waals surface area contributed by atoms with Gasteiger partial charge in [-0.3, -0.25) is 9.48 Å². The lowest BCUT2D eigenvalue weighted by Crippen LogP contribution is -2.19. The zero-order chi connectivity index (χ0) is 14.7. The molecule has 0 fully saturated rings. The topological polar surface area (TPSA) is 73.2 Å². The van der Waals surface area contributed by atoms with Gasteiger partial charge in [0.05, 0.1) is 12.7 Å². The number of anilines is 1. The zero-order valence-corrected chi connectivity index (χ0v) is 12.2. The fourth-order valence-corrected chi connectivity index (χ4v) is 2.52. The third kappa shape index (κ3) is 2.72. The van der Waals surface area contributed by atoms with E-state index in [2.05, 4.69) is 15.2 Å². The van der Waals surface area contributed by atoms with Crippen LogP contribution in [0.25, 0.3) is 0 Å². The summed E-state index contributed by atoms with van der Waals surface area (Å²) in [5.74, 6) is -0.775. The summed E-state index contributed by atoms with van der Waals surface area (Å²) < 4.78 is 6.29. The average molecular weight is 293 g/mol. The molecule has 0 aromatic carbocycles. The lowest BCUT2D eigenvalue weighted by Gasteiger charge is -2.10. The van der Waals surface area contributed by atoms with Crippen molar-refractivity contribution in [1.82, 2.24) is 9.78 Å². The fourth-order valence-electron chi connectivity index (χ4n) is 1.75. The van der Waals surface area contributed by atoms with Gasteiger partial charge in [0.15, 0.2) is 0 Å². The number of thiophene rings is 1. The highest BCUT2D eigenvalue weighted by Crippen LogP contribution is 2.24. The third-order valence-electron chi connectivity index (χ3n) is 2.69. The van der Waals surface area contributed by atoms with E-state index in [4.69, 9.17) is 0 Å². The number of esters is 1. The molecular weight excluding hydrogens is 278 g/mol. The highest BCUT2D eigenvalue weighted by atomic mass is 32.1. The van der Waals surface area contributed by atoms with Gasteiger partial charge in [0.25, 0.3) is 5.91 Å². The number of nitrogens with one attached hydrogen (secondary N) is 1. The Balaban J connectivity index is 2.22. The van der Waals surface area contributed by atoms with Crippen molar-refractivity contribution in [2.45, 2.75) is 19.9 Å². The van der Waals surface area contributed by atoms with Gasteiger partial charge in [-0.15, -0.1) is 11.3 Å². The molecule has 0 aliphatic carbocycles. The first-order valence-electron chi connectivity index (χ1n) is 6.05. The number of hydrogen-bond donors (Lipinski definition) is 1. The molecule has 0 radical (unpaired) electrons. The summed E-state index contributed by atoms with van der Waals surface area (Å²) >= 11 is 1.27. The Kier molecular flexibility index (Phi) is 4.19. The van der Waals surface area contributed by atoms with E-state index >= 15 is 0 Å². The van der Waals surface area contributed by atoms with E-state index in [0.29, 0.717) is 16.3 Å². The van der Waals surface area contributed by atoms with Crippen LogP contribution in [0.15, 0.2) is 23.7 Å². The summed E-state index contributed by atoms with van der Waals surface area (Å²) in [6.45, 7) is 3.88. The minimum Gasteiger partial charge on any atom is -0.465 e. The van der Waals surface area contributed by atoms with Crippen LogP contribution in [-0.2, 0) is 4.74 Å². The van der Waals surface area contributed by atoms with Crippen LogP contribution in [-0.4, -0.2) is 28.8 Å². The Morgan fingerprint density at radius 2 is 2.15 bits per heavy atom. The smallest absolute Gasteiger partial charge is 0.340 e. The second-order valence-electron chi connectivity index (χ2n) is 4.36. The van der Waals surface area contributed by atoms with E-state index in [1.807, 2.05) is 13.8 Å². The van der Waals surface area contributed by atoms with Gasteiger partial charge in [-0.2, -0.15) is 5.10 Å². The molecule has 0 bridgehead atoms. The molecule has 7 heteroatoms. The van der Waals surface area contributed by atoms with Gasteiger partial charge in [0.2, 0.25) is 0 Å². The van der Waals surface area contributed by atoms with Crippen LogP contribution in [0.2, 0.25) is 0 Å². The number of methoxy groups -OCH3 is 1. The largest absolute Gasteiger partial charge is 0.465 e. The highest BCUT2D eigenvalue weighted by Gasteiger charge is 2.19. The number of hydrogen-bond acceptors (Lipinski definition) is 5. The van der Waals surface area contributed by atoms with Gasteiger partial charge in [-0.05, 0) is 31.4 Å². The van der Waals surface area contributed by atoms with Crippen LogP contribution in [0.3, 0.4) is 0 Å². The summed E-state index contributed by atoms with van der Waals surface area (Å²) in [5.41, 5.74) is 0.797. The second kappa shape index (κ2) is 5.87. The molecule has 0 aliphatic heterocycles. The van der Waals surface area contributed by atoms with Crippen molar-refractivity contribution < 1.29 is 14.3 Å². The fraction of sp³-hybridized carbons (Fsp3) is 0.308. The van der Waals surface area contributed by atoms with Gasteiger partial charge in [0, 0.05) is 12.2 Å². The predicted octanol–water partition coefficient (Wildman–Crippen LogP) is 2.56. The Hall–Kier alpha value is -2.15. The molecule has 1 N–H and O–H groups in total. The molecule has 0 atom stereocenters. The first-order valence-corrected chi connectivity index (χ1v) is 6.93. The molecule has 1 amide bonds. The quantitative estimate of drug-likeness (QED) is 0.879. The summed E-state index contributed by atoms with van der Waals surface area (Å²) in [4.78, 5) is 23.8. The van der Waals surface area contributed by atoms with Crippen molar-refractivity contribution in [3.05, 3.63) is 35.0 Å². The number of carbonyl (C=O) groups is 2. The van der Waals surface area contributed by atoms with Crippen molar-refractivity contribution >= 4 is 28.2 Å². The second-order valence-corrected chi connectivity index (χ2v) is 5.28. The van der Waals surface area contributed by atoms with Crippen LogP contribution >= 0.6 is 11.3 Å². The van der Waals surface area contributed by atoms with Crippen molar-refractivity contribution in [2.24, 2.45) is 0 Å². The number of ether oxygens (including phenoxy) is 1. The zero-order valence-electron chi connectivity index (χ0n) is 11.4. The van der Waals surface area contributed by atoms with E-state index in [9.17, 15) is 9.59 Å². The van der Waals surface area contributed by atoms with Crippen LogP contribution < -0.4 is 5.32 Å². The Bertz CT molecular complexity index is 630. The molecule has 2 aromatic rings. The maximum atomic E-state index is 12.2. The first kappa shape index (κ1) is 14.3. The number of aromatic nitrogens is 2. The standard InChI is InChI=1S/C13H15N3O3S/c1-8(2)16-10(4-6-14-16)11(17)15-12-9(5-7-20-12)13(18)19-3/h4-8H,1-3H3,(H,15,17). The normalized spacial score (nSPS) is 10.6. The van der Waals surface area contributed by atoms with E-state index in [0.717, 1.165) is 0 Å². The monoisotopic (exact) mass is 293 g/mol. The van der Waals surface area contributed by atoms with Gasteiger partial charge in [-0.1, -0.05) is 0 Å². The van der Waals surface area contributed by atoms with Crippen molar-refractivity contribution in [1.29, 1.82) is 0 Å². The van der Waals surface area contributed by atoms with Crippen molar-refractivity contribution in [3.63, 3.8) is 0 Å². The molecule has 0 saturated heterocycles. The molecule has 2 rings (SSSR count). The van der Waals surface area contributed by atoms with Crippen molar-refractivity contribution in [2.75, 3.05) is 12.4 Å². The number of rotatable bonds is 4. The van der Waals surface area contributed by atoms with Crippen LogP contribution in [0.1, 0.15) is 40.7 Å². The third-order valence-corrected chi connectivity index (χ3v) is 3.52. The number of carbonyl (C=O) groups excluding carboxylic acids is 2. The molecular formula is C13H15N3O3S. The molecule has 106 valence electrons. The molecule has 0 unspecified atom stereocenters.